The first-order valence-corrected chi connectivity index (χ1v) is 9.46. The molecule has 0 aliphatic heterocycles. The Bertz CT molecular complexity index is 1040. The van der Waals surface area contributed by atoms with Gasteiger partial charge in [0, 0.05) is 16.2 Å². The van der Waals surface area contributed by atoms with E-state index < -0.39 is 5.91 Å². The highest BCUT2D eigenvalue weighted by Crippen LogP contribution is 2.24. The number of nitrogens with one attached hydrogen (secondary N) is 2. The topological polar surface area (TPSA) is 67.4 Å². The van der Waals surface area contributed by atoms with Crippen LogP contribution in [0.1, 0.15) is 20.7 Å². The molecule has 0 atom stereocenters. The Morgan fingerprint density at radius 3 is 2.39 bits per heavy atom. The van der Waals surface area contributed by atoms with Crippen LogP contribution >= 0.6 is 27.5 Å². The average molecular weight is 460 g/mol. The number of methoxy groups -OCH3 is 1. The number of hydrogen-bond donors (Lipinski definition) is 2. The maximum Gasteiger partial charge on any atom is 0.257 e. The molecule has 3 rings (SSSR count). The van der Waals surface area contributed by atoms with Gasteiger partial charge in [-0.3, -0.25) is 9.59 Å². The second kappa shape index (κ2) is 8.91. The third kappa shape index (κ3) is 4.71. The van der Waals surface area contributed by atoms with Gasteiger partial charge in [0.05, 0.1) is 28.9 Å². The van der Waals surface area contributed by atoms with Gasteiger partial charge in [0.2, 0.25) is 0 Å². The summed E-state index contributed by atoms with van der Waals surface area (Å²) < 4.78 is 5.93. The molecular weight excluding hydrogens is 444 g/mol. The lowest BCUT2D eigenvalue weighted by Gasteiger charge is -2.12. The van der Waals surface area contributed by atoms with E-state index in [1.807, 2.05) is 0 Å². The second-order valence-electron chi connectivity index (χ2n) is 5.81. The monoisotopic (exact) mass is 458 g/mol. The Hall–Kier alpha value is -2.83. The predicted molar refractivity (Wildman–Crippen MR) is 114 cm³/mol. The minimum Gasteiger partial charge on any atom is -0.497 e. The van der Waals surface area contributed by atoms with Crippen molar-refractivity contribution in [2.75, 3.05) is 17.7 Å². The smallest absolute Gasteiger partial charge is 0.257 e. The van der Waals surface area contributed by atoms with E-state index >= 15 is 0 Å². The van der Waals surface area contributed by atoms with E-state index in [0.29, 0.717) is 33.3 Å². The van der Waals surface area contributed by atoms with Crippen LogP contribution in [0.2, 0.25) is 5.02 Å². The molecule has 0 saturated carbocycles. The number of hydrogen-bond acceptors (Lipinski definition) is 3. The molecule has 28 heavy (non-hydrogen) atoms. The van der Waals surface area contributed by atoms with Crippen molar-refractivity contribution in [1.82, 2.24) is 0 Å². The van der Waals surface area contributed by atoms with Crippen molar-refractivity contribution in [2.24, 2.45) is 0 Å². The van der Waals surface area contributed by atoms with E-state index in [2.05, 4.69) is 26.6 Å². The molecule has 0 fully saturated rings. The minimum absolute atomic E-state index is 0.310. The summed E-state index contributed by atoms with van der Waals surface area (Å²) in [5, 5.41) is 5.87. The number of ether oxygens (including phenoxy) is 1. The lowest BCUT2D eigenvalue weighted by atomic mass is 10.1. The Morgan fingerprint density at radius 1 is 0.893 bits per heavy atom. The third-order valence-corrected chi connectivity index (χ3v) is 4.73. The van der Waals surface area contributed by atoms with Crippen molar-refractivity contribution in [3.8, 4) is 5.75 Å². The summed E-state index contributed by atoms with van der Waals surface area (Å²) in [5.41, 5.74) is 1.60. The van der Waals surface area contributed by atoms with Gasteiger partial charge in [-0.15, -0.1) is 0 Å². The lowest BCUT2D eigenvalue weighted by molar-refractivity contribution is 0.102. The maximum absolute atomic E-state index is 12.7. The Kier molecular flexibility index (Phi) is 6.34. The van der Waals surface area contributed by atoms with Gasteiger partial charge in [-0.25, -0.2) is 0 Å². The zero-order valence-electron chi connectivity index (χ0n) is 14.8. The first kappa shape index (κ1) is 19.9. The fourth-order valence-electron chi connectivity index (χ4n) is 2.55. The number of carbonyl (C=O) groups is 2. The van der Waals surface area contributed by atoms with Crippen LogP contribution in [-0.4, -0.2) is 18.9 Å². The molecule has 5 nitrogen and oxygen atoms in total. The standard InChI is InChI=1S/C21H16BrClN2O3/c1-28-15-6-4-5-14(12-15)24-21(27)17-7-2-3-8-19(17)25-20(26)16-10-9-13(22)11-18(16)23/h2-12H,1H3,(H,24,27)(H,25,26). The third-order valence-electron chi connectivity index (χ3n) is 3.92. The van der Waals surface area contributed by atoms with Crippen LogP contribution in [0, 0.1) is 0 Å². The molecule has 0 aliphatic carbocycles. The zero-order valence-corrected chi connectivity index (χ0v) is 17.2. The lowest BCUT2D eigenvalue weighted by Crippen LogP contribution is -2.18. The number of carbonyl (C=O) groups excluding carboxylic acids is 2. The van der Waals surface area contributed by atoms with Gasteiger partial charge in [0.15, 0.2) is 0 Å². The van der Waals surface area contributed by atoms with Crippen LogP contribution in [0.3, 0.4) is 0 Å². The summed E-state index contributed by atoms with van der Waals surface area (Å²) in [7, 11) is 1.55. The van der Waals surface area contributed by atoms with Crippen molar-refractivity contribution < 1.29 is 14.3 Å². The quantitative estimate of drug-likeness (QED) is 0.521. The van der Waals surface area contributed by atoms with E-state index in [9.17, 15) is 9.59 Å². The number of benzene rings is 3. The number of rotatable bonds is 5. The predicted octanol–water partition coefficient (Wildman–Crippen LogP) is 5.62. The summed E-state index contributed by atoms with van der Waals surface area (Å²) in [6.45, 7) is 0. The second-order valence-corrected chi connectivity index (χ2v) is 7.13. The van der Waals surface area contributed by atoms with Gasteiger partial charge in [-0.2, -0.15) is 0 Å². The normalized spacial score (nSPS) is 10.2. The summed E-state index contributed by atoms with van der Waals surface area (Å²) in [4.78, 5) is 25.3. The van der Waals surface area contributed by atoms with Crippen molar-refractivity contribution in [3.05, 3.63) is 87.4 Å². The highest BCUT2D eigenvalue weighted by molar-refractivity contribution is 9.10. The van der Waals surface area contributed by atoms with Gasteiger partial charge in [-0.1, -0.05) is 45.7 Å². The van der Waals surface area contributed by atoms with Crippen LogP contribution in [0.15, 0.2) is 71.2 Å². The Morgan fingerprint density at radius 2 is 1.64 bits per heavy atom. The fraction of sp³-hybridized carbons (Fsp3) is 0.0476. The van der Waals surface area contributed by atoms with Crippen molar-refractivity contribution in [1.29, 1.82) is 0 Å². The Balaban J connectivity index is 1.82. The van der Waals surface area contributed by atoms with Crippen molar-refractivity contribution >= 4 is 50.7 Å². The van der Waals surface area contributed by atoms with Crippen LogP contribution in [-0.2, 0) is 0 Å². The summed E-state index contributed by atoms with van der Waals surface area (Å²) in [6, 6.07) is 18.7. The maximum atomic E-state index is 12.7. The molecule has 0 aliphatic rings. The molecular formula is C21H16BrClN2O3. The summed E-state index contributed by atoms with van der Waals surface area (Å²) >= 11 is 9.45. The zero-order chi connectivity index (χ0) is 20.1. The molecule has 2 amide bonds. The van der Waals surface area contributed by atoms with Crippen molar-refractivity contribution in [2.45, 2.75) is 0 Å². The van der Waals surface area contributed by atoms with Gasteiger partial charge >= 0.3 is 0 Å². The van der Waals surface area contributed by atoms with E-state index in [-0.39, 0.29) is 5.91 Å². The van der Waals surface area contributed by atoms with E-state index in [1.54, 1.807) is 73.8 Å². The summed E-state index contributed by atoms with van der Waals surface area (Å²) in [5.74, 6) is -0.130. The molecule has 0 spiro atoms. The average Bonchev–Trinajstić information content (AvgIpc) is 2.68. The van der Waals surface area contributed by atoms with Gasteiger partial charge < -0.3 is 15.4 Å². The van der Waals surface area contributed by atoms with Crippen LogP contribution < -0.4 is 15.4 Å². The van der Waals surface area contributed by atoms with Gasteiger partial charge in [0.1, 0.15) is 5.75 Å². The van der Waals surface area contributed by atoms with Crippen LogP contribution in [0.4, 0.5) is 11.4 Å². The molecule has 2 N–H and O–H groups in total. The molecule has 0 unspecified atom stereocenters. The summed E-state index contributed by atoms with van der Waals surface area (Å²) in [6.07, 6.45) is 0. The highest BCUT2D eigenvalue weighted by atomic mass is 79.9. The van der Waals surface area contributed by atoms with E-state index in [4.69, 9.17) is 16.3 Å². The molecule has 0 heterocycles. The molecule has 0 saturated heterocycles. The number of amides is 2. The highest BCUT2D eigenvalue weighted by Gasteiger charge is 2.16. The van der Waals surface area contributed by atoms with Gasteiger partial charge in [-0.05, 0) is 42.5 Å². The molecule has 0 bridgehead atoms. The minimum atomic E-state index is -0.404. The largest absolute Gasteiger partial charge is 0.497 e. The molecule has 0 radical (unpaired) electrons. The van der Waals surface area contributed by atoms with Gasteiger partial charge in [0.25, 0.3) is 11.8 Å². The number of para-hydroxylation sites is 1. The van der Waals surface area contributed by atoms with Crippen LogP contribution in [0.25, 0.3) is 0 Å². The molecule has 0 aromatic heterocycles. The van der Waals surface area contributed by atoms with E-state index in [0.717, 1.165) is 4.47 Å². The Labute approximate surface area is 175 Å². The molecule has 7 heteroatoms. The van der Waals surface area contributed by atoms with Crippen molar-refractivity contribution in [3.63, 3.8) is 0 Å². The SMILES string of the molecule is COc1cccc(NC(=O)c2ccccc2NC(=O)c2ccc(Br)cc2Cl)c1. The molecule has 142 valence electrons. The van der Waals surface area contributed by atoms with Crippen LogP contribution in [0.5, 0.6) is 5.75 Å². The number of anilines is 2. The molecule has 3 aromatic carbocycles. The number of halogens is 2. The first-order chi connectivity index (χ1) is 13.5. The fourth-order valence-corrected chi connectivity index (χ4v) is 3.31. The van der Waals surface area contributed by atoms with E-state index in [1.165, 1.54) is 0 Å². The molecule has 3 aromatic rings. The first-order valence-electron chi connectivity index (χ1n) is 8.29.